The molecule has 3 heteroatoms. The minimum Gasteiger partial charge on any atom is -0.261 e. The average molecular weight is 354 g/mol. The van der Waals surface area contributed by atoms with Crippen LogP contribution in [0.4, 0.5) is 0 Å². The maximum absolute atomic E-state index is 4.61. The van der Waals surface area contributed by atoms with Crippen molar-refractivity contribution in [2.75, 3.05) is 0 Å². The molecule has 3 nitrogen and oxygen atoms in total. The van der Waals surface area contributed by atoms with Gasteiger partial charge in [0.05, 0.1) is 11.4 Å². The summed E-state index contributed by atoms with van der Waals surface area (Å²) in [6.07, 6.45) is 17.0. The second-order valence-corrected chi connectivity index (χ2v) is 7.28. The fourth-order valence-corrected chi connectivity index (χ4v) is 3.19. The summed E-state index contributed by atoms with van der Waals surface area (Å²) in [6.45, 7) is 4.50. The van der Waals surface area contributed by atoms with E-state index in [4.69, 9.17) is 0 Å². The number of hydrogen-bond donors (Lipinski definition) is 0. The minimum atomic E-state index is 0.918. The summed E-state index contributed by atoms with van der Waals surface area (Å²) in [5, 5.41) is 8.80. The van der Waals surface area contributed by atoms with Crippen LogP contribution in [-0.2, 0) is 12.8 Å². The highest BCUT2D eigenvalue weighted by atomic mass is 15.1. The van der Waals surface area contributed by atoms with E-state index in [0.717, 1.165) is 29.8 Å². The highest BCUT2D eigenvalue weighted by Crippen LogP contribution is 2.17. The van der Waals surface area contributed by atoms with Crippen LogP contribution in [0, 0.1) is 0 Å². The predicted octanol–water partition coefficient (Wildman–Crippen LogP) is 6.56. The standard InChI is InChI=1S/C23H35N3/c1-3-5-7-9-11-13-21-16-15-20(19-24-21)23-18-17-22(25-26-23)14-12-10-8-6-4-2/h15-19H,3-14H2,1-2H3. The molecule has 0 aliphatic rings. The van der Waals surface area contributed by atoms with E-state index in [9.17, 15) is 0 Å². The molecule has 0 amide bonds. The van der Waals surface area contributed by atoms with Gasteiger partial charge in [-0.25, -0.2) is 0 Å². The van der Waals surface area contributed by atoms with Gasteiger partial charge in [-0.15, -0.1) is 0 Å². The number of pyridine rings is 1. The zero-order valence-electron chi connectivity index (χ0n) is 16.7. The second-order valence-electron chi connectivity index (χ2n) is 7.28. The molecule has 2 aromatic heterocycles. The summed E-state index contributed by atoms with van der Waals surface area (Å²) in [5.41, 5.74) is 4.26. The lowest BCUT2D eigenvalue weighted by Gasteiger charge is -2.05. The Labute approximate surface area is 159 Å². The highest BCUT2D eigenvalue weighted by Gasteiger charge is 2.03. The molecule has 0 atom stereocenters. The third kappa shape index (κ3) is 7.63. The van der Waals surface area contributed by atoms with E-state index in [1.807, 2.05) is 6.20 Å². The first-order valence-electron chi connectivity index (χ1n) is 10.6. The molecule has 0 spiro atoms. The number of hydrogen-bond acceptors (Lipinski definition) is 3. The molecule has 2 aromatic rings. The van der Waals surface area contributed by atoms with Gasteiger partial charge in [-0.2, -0.15) is 10.2 Å². The molecule has 0 aromatic carbocycles. The largest absolute Gasteiger partial charge is 0.261 e. The predicted molar refractivity (Wildman–Crippen MR) is 110 cm³/mol. The van der Waals surface area contributed by atoms with Crippen molar-refractivity contribution in [2.45, 2.75) is 90.9 Å². The minimum absolute atomic E-state index is 0.918. The van der Waals surface area contributed by atoms with Gasteiger partial charge in [0, 0.05) is 17.5 Å². The molecular weight excluding hydrogens is 318 g/mol. The lowest BCUT2D eigenvalue weighted by atomic mass is 10.1. The lowest BCUT2D eigenvalue weighted by molar-refractivity contribution is 0.625. The third-order valence-electron chi connectivity index (χ3n) is 4.91. The number of rotatable bonds is 13. The van der Waals surface area contributed by atoms with Crippen molar-refractivity contribution < 1.29 is 0 Å². The van der Waals surface area contributed by atoms with Crippen molar-refractivity contribution in [1.82, 2.24) is 15.2 Å². The molecule has 0 N–H and O–H groups in total. The maximum Gasteiger partial charge on any atom is 0.0945 e. The van der Waals surface area contributed by atoms with Gasteiger partial charge in [-0.1, -0.05) is 65.2 Å². The average Bonchev–Trinajstić information content (AvgIpc) is 2.69. The molecule has 0 bridgehead atoms. The molecule has 0 saturated carbocycles. The van der Waals surface area contributed by atoms with Crippen molar-refractivity contribution in [3.63, 3.8) is 0 Å². The van der Waals surface area contributed by atoms with E-state index < -0.39 is 0 Å². The Morgan fingerprint density at radius 3 is 1.77 bits per heavy atom. The fourth-order valence-electron chi connectivity index (χ4n) is 3.19. The zero-order chi connectivity index (χ0) is 18.5. The van der Waals surface area contributed by atoms with E-state index >= 15 is 0 Å². The van der Waals surface area contributed by atoms with Crippen LogP contribution in [-0.4, -0.2) is 15.2 Å². The zero-order valence-corrected chi connectivity index (χ0v) is 16.7. The summed E-state index contributed by atoms with van der Waals surface area (Å²) in [7, 11) is 0. The van der Waals surface area contributed by atoms with E-state index in [1.165, 1.54) is 69.9 Å². The van der Waals surface area contributed by atoms with E-state index in [-0.39, 0.29) is 0 Å². The molecule has 0 unspecified atom stereocenters. The summed E-state index contributed by atoms with van der Waals surface area (Å²) < 4.78 is 0. The summed E-state index contributed by atoms with van der Waals surface area (Å²) in [5.74, 6) is 0. The Hall–Kier alpha value is -1.77. The van der Waals surface area contributed by atoms with Crippen LogP contribution in [0.15, 0.2) is 30.5 Å². The number of aromatic nitrogens is 3. The van der Waals surface area contributed by atoms with Gasteiger partial charge >= 0.3 is 0 Å². The monoisotopic (exact) mass is 353 g/mol. The second kappa shape index (κ2) is 12.6. The molecule has 142 valence electrons. The first-order chi connectivity index (χ1) is 12.8. The van der Waals surface area contributed by atoms with Crippen LogP contribution in [0.25, 0.3) is 11.3 Å². The van der Waals surface area contributed by atoms with Gasteiger partial charge in [-0.3, -0.25) is 4.98 Å². The number of unbranched alkanes of at least 4 members (excludes halogenated alkanes) is 8. The molecule has 0 aliphatic heterocycles. The Morgan fingerprint density at radius 1 is 0.615 bits per heavy atom. The molecule has 0 radical (unpaired) electrons. The number of nitrogens with zero attached hydrogens (tertiary/aromatic N) is 3. The lowest BCUT2D eigenvalue weighted by Crippen LogP contribution is -1.96. The normalized spacial score (nSPS) is 11.0. The van der Waals surface area contributed by atoms with Crippen molar-refractivity contribution >= 4 is 0 Å². The maximum atomic E-state index is 4.61. The molecule has 26 heavy (non-hydrogen) atoms. The smallest absolute Gasteiger partial charge is 0.0945 e. The Balaban J connectivity index is 1.77. The molecule has 0 saturated heterocycles. The van der Waals surface area contributed by atoms with Crippen molar-refractivity contribution in [1.29, 1.82) is 0 Å². The van der Waals surface area contributed by atoms with Crippen molar-refractivity contribution in [3.05, 3.63) is 41.9 Å². The topological polar surface area (TPSA) is 38.7 Å². The van der Waals surface area contributed by atoms with Gasteiger partial charge < -0.3 is 0 Å². The molecule has 2 rings (SSSR count). The first kappa shape index (κ1) is 20.5. The Kier molecular flexibility index (Phi) is 9.92. The summed E-state index contributed by atoms with van der Waals surface area (Å²) in [6, 6.07) is 8.46. The van der Waals surface area contributed by atoms with E-state index in [2.05, 4.69) is 53.3 Å². The quantitative estimate of drug-likeness (QED) is 0.382. The van der Waals surface area contributed by atoms with Gasteiger partial charge in [0.25, 0.3) is 0 Å². The first-order valence-corrected chi connectivity index (χ1v) is 10.6. The molecule has 0 fully saturated rings. The number of aryl methyl sites for hydroxylation is 2. The van der Waals surface area contributed by atoms with Crippen LogP contribution in [0.3, 0.4) is 0 Å². The van der Waals surface area contributed by atoms with Crippen LogP contribution >= 0.6 is 0 Å². The van der Waals surface area contributed by atoms with Gasteiger partial charge in [0.15, 0.2) is 0 Å². The summed E-state index contributed by atoms with van der Waals surface area (Å²) in [4.78, 5) is 4.61. The van der Waals surface area contributed by atoms with Gasteiger partial charge in [0.1, 0.15) is 0 Å². The van der Waals surface area contributed by atoms with Crippen molar-refractivity contribution in [2.24, 2.45) is 0 Å². The van der Waals surface area contributed by atoms with Crippen LogP contribution in [0.5, 0.6) is 0 Å². The van der Waals surface area contributed by atoms with Crippen LogP contribution in [0.2, 0.25) is 0 Å². The van der Waals surface area contributed by atoms with Crippen molar-refractivity contribution in [3.8, 4) is 11.3 Å². The van der Waals surface area contributed by atoms with E-state index in [1.54, 1.807) is 0 Å². The third-order valence-corrected chi connectivity index (χ3v) is 4.91. The Morgan fingerprint density at radius 2 is 1.23 bits per heavy atom. The van der Waals surface area contributed by atoms with E-state index in [0.29, 0.717) is 0 Å². The van der Waals surface area contributed by atoms with Gasteiger partial charge in [-0.05, 0) is 49.9 Å². The fraction of sp³-hybridized carbons (Fsp3) is 0.609. The van der Waals surface area contributed by atoms with Crippen LogP contribution < -0.4 is 0 Å². The molecule has 2 heterocycles. The summed E-state index contributed by atoms with van der Waals surface area (Å²) >= 11 is 0. The Bertz CT molecular complexity index is 534. The highest BCUT2D eigenvalue weighted by molar-refractivity contribution is 5.57. The molecule has 0 aliphatic carbocycles. The SMILES string of the molecule is CCCCCCCc1ccc(-c2ccc(CCCCCCC)nn2)cn1. The van der Waals surface area contributed by atoms with Crippen LogP contribution in [0.1, 0.15) is 89.4 Å². The molecular formula is C23H35N3. The van der Waals surface area contributed by atoms with Gasteiger partial charge in [0.2, 0.25) is 0 Å².